The Labute approximate surface area is 193 Å². The molecule has 0 radical (unpaired) electrons. The van der Waals surface area contributed by atoms with Crippen LogP contribution in [0.2, 0.25) is 0 Å². The van der Waals surface area contributed by atoms with E-state index in [0.29, 0.717) is 34.5 Å². The van der Waals surface area contributed by atoms with E-state index in [1.807, 2.05) is 16.8 Å². The van der Waals surface area contributed by atoms with Crippen molar-refractivity contribution in [1.82, 2.24) is 30.1 Å². The Balaban J connectivity index is 1.66. The quantitative estimate of drug-likeness (QED) is 0.611. The minimum Gasteiger partial charge on any atom is -0.493 e. The van der Waals surface area contributed by atoms with Crippen molar-refractivity contribution in [3.63, 3.8) is 0 Å². The number of piperidine rings is 1. The van der Waals surface area contributed by atoms with Crippen molar-refractivity contribution in [3.8, 4) is 11.5 Å². The van der Waals surface area contributed by atoms with E-state index in [1.54, 1.807) is 20.3 Å². The number of aromatic amines is 1. The molecule has 33 heavy (non-hydrogen) atoms. The Morgan fingerprint density at radius 2 is 1.82 bits per heavy atom. The topological polar surface area (TPSA) is 98.2 Å². The lowest BCUT2D eigenvalue weighted by Crippen LogP contribution is -2.41. The van der Waals surface area contributed by atoms with E-state index >= 15 is 0 Å². The van der Waals surface area contributed by atoms with Gasteiger partial charge in [-0.25, -0.2) is 4.68 Å². The normalized spacial score (nSPS) is 20.9. The van der Waals surface area contributed by atoms with E-state index in [9.17, 15) is 4.79 Å². The van der Waals surface area contributed by atoms with E-state index in [2.05, 4.69) is 32.3 Å². The second-order valence-corrected chi connectivity index (χ2v) is 9.41. The molecule has 3 aromatic rings. The summed E-state index contributed by atoms with van der Waals surface area (Å²) in [5.74, 6) is 2.53. The number of aromatic nitrogens is 5. The number of pyridine rings is 1. The molecule has 0 bridgehead atoms. The first-order valence-corrected chi connectivity index (χ1v) is 11.9. The monoisotopic (exact) mass is 452 g/mol. The third-order valence-corrected chi connectivity index (χ3v) is 7.16. The zero-order valence-corrected chi connectivity index (χ0v) is 19.6. The molecule has 176 valence electrons. The van der Waals surface area contributed by atoms with Gasteiger partial charge in [-0.3, -0.25) is 9.69 Å². The van der Waals surface area contributed by atoms with E-state index < -0.39 is 0 Å². The molecule has 0 unspecified atom stereocenters. The Bertz CT molecular complexity index is 1180. The molecule has 0 spiro atoms. The van der Waals surface area contributed by atoms with Crippen LogP contribution in [-0.2, 0) is 0 Å². The van der Waals surface area contributed by atoms with Crippen molar-refractivity contribution in [2.45, 2.75) is 57.5 Å². The number of hydrogen-bond donors (Lipinski definition) is 1. The second kappa shape index (κ2) is 9.13. The highest BCUT2D eigenvalue weighted by molar-refractivity contribution is 5.83. The number of tetrazole rings is 1. The van der Waals surface area contributed by atoms with Crippen molar-refractivity contribution in [1.29, 1.82) is 0 Å². The van der Waals surface area contributed by atoms with Crippen LogP contribution in [0.15, 0.2) is 23.0 Å². The molecule has 2 aromatic heterocycles. The third kappa shape index (κ3) is 4.10. The van der Waals surface area contributed by atoms with Gasteiger partial charge in [0.25, 0.3) is 5.56 Å². The number of likely N-dealkylation sites (tertiary alicyclic amines) is 1. The van der Waals surface area contributed by atoms with E-state index in [-0.39, 0.29) is 11.6 Å². The summed E-state index contributed by atoms with van der Waals surface area (Å²) in [6.07, 6.45) is 6.82. The number of hydrogen-bond acceptors (Lipinski definition) is 7. The van der Waals surface area contributed by atoms with Gasteiger partial charge in [-0.15, -0.1) is 5.10 Å². The molecule has 1 saturated carbocycles. The molecular formula is C24H32N6O3. The number of H-pyrrole nitrogens is 1. The molecular weight excluding hydrogens is 420 g/mol. The predicted molar refractivity (Wildman–Crippen MR) is 125 cm³/mol. The van der Waals surface area contributed by atoms with Gasteiger partial charge in [0.2, 0.25) is 0 Å². The number of benzene rings is 1. The minimum atomic E-state index is -0.301. The van der Waals surface area contributed by atoms with Gasteiger partial charge in [0.1, 0.15) is 6.04 Å². The first-order chi connectivity index (χ1) is 16.1. The van der Waals surface area contributed by atoms with Gasteiger partial charge in [-0.1, -0.05) is 19.8 Å². The first kappa shape index (κ1) is 21.9. The number of ether oxygens (including phenoxy) is 2. The molecule has 1 saturated heterocycles. The van der Waals surface area contributed by atoms with Crippen molar-refractivity contribution in [2.24, 2.45) is 5.92 Å². The fraction of sp³-hybridized carbons (Fsp3) is 0.583. The number of methoxy groups -OCH3 is 2. The molecule has 1 aliphatic heterocycles. The summed E-state index contributed by atoms with van der Waals surface area (Å²) in [7, 11) is 3.20. The van der Waals surface area contributed by atoms with Crippen LogP contribution in [0.1, 0.15) is 68.9 Å². The average molecular weight is 453 g/mol. The fourth-order valence-corrected chi connectivity index (χ4v) is 5.50. The van der Waals surface area contributed by atoms with Crippen LogP contribution >= 0.6 is 0 Å². The Morgan fingerprint density at radius 3 is 2.55 bits per heavy atom. The molecule has 1 aliphatic carbocycles. The highest BCUT2D eigenvalue weighted by Crippen LogP contribution is 2.36. The molecule has 1 aromatic carbocycles. The highest BCUT2D eigenvalue weighted by Gasteiger charge is 2.34. The average Bonchev–Trinajstić information content (AvgIpc) is 3.51. The van der Waals surface area contributed by atoms with Crippen molar-refractivity contribution in [3.05, 3.63) is 39.9 Å². The van der Waals surface area contributed by atoms with Crippen LogP contribution < -0.4 is 15.0 Å². The standard InChI is InChI=1S/C24H32N6O3/c1-15-7-6-10-29(14-15)22(23-26-27-28-30(23)17-8-4-5-9-17)18-11-16-12-20(32-2)21(33-3)13-19(16)25-24(18)31/h11-13,15,17,22H,4-10,14H2,1-3H3,(H,25,31)/t15-,22+/m0/s1. The van der Waals surface area contributed by atoms with Crippen LogP contribution in [0.5, 0.6) is 11.5 Å². The van der Waals surface area contributed by atoms with Gasteiger partial charge >= 0.3 is 0 Å². The summed E-state index contributed by atoms with van der Waals surface area (Å²) in [5.41, 5.74) is 1.25. The van der Waals surface area contributed by atoms with Gasteiger partial charge in [-0.05, 0) is 60.7 Å². The lowest BCUT2D eigenvalue weighted by atomic mass is 9.95. The van der Waals surface area contributed by atoms with Gasteiger partial charge in [0, 0.05) is 23.6 Å². The summed E-state index contributed by atoms with van der Waals surface area (Å²) in [6, 6.07) is 5.67. The van der Waals surface area contributed by atoms with E-state index in [0.717, 1.165) is 43.6 Å². The number of fused-ring (bicyclic) bond motifs is 1. The first-order valence-electron chi connectivity index (χ1n) is 11.9. The maximum atomic E-state index is 13.4. The van der Waals surface area contributed by atoms with Crippen LogP contribution in [-0.4, -0.2) is 57.4 Å². The maximum absolute atomic E-state index is 13.4. The largest absolute Gasteiger partial charge is 0.493 e. The molecule has 2 fully saturated rings. The summed E-state index contributed by atoms with van der Waals surface area (Å²) in [4.78, 5) is 18.9. The SMILES string of the molecule is COc1cc2cc([C@H](c3nnnn3C3CCCC3)N3CCC[C@H](C)C3)c(=O)[nH]c2cc1OC. The Kier molecular flexibility index (Phi) is 6.05. The van der Waals surface area contributed by atoms with Gasteiger partial charge < -0.3 is 14.5 Å². The van der Waals surface area contributed by atoms with E-state index in [4.69, 9.17) is 9.47 Å². The minimum absolute atomic E-state index is 0.126. The predicted octanol–water partition coefficient (Wildman–Crippen LogP) is 3.47. The van der Waals surface area contributed by atoms with Gasteiger partial charge in [-0.2, -0.15) is 0 Å². The third-order valence-electron chi connectivity index (χ3n) is 7.16. The fourth-order valence-electron chi connectivity index (χ4n) is 5.50. The number of rotatable bonds is 6. The molecule has 9 heteroatoms. The Morgan fingerprint density at radius 1 is 1.06 bits per heavy atom. The lowest BCUT2D eigenvalue weighted by molar-refractivity contribution is 0.139. The van der Waals surface area contributed by atoms with Crippen molar-refractivity contribution >= 4 is 10.9 Å². The zero-order chi connectivity index (χ0) is 22.9. The van der Waals surface area contributed by atoms with Crippen molar-refractivity contribution in [2.75, 3.05) is 27.3 Å². The van der Waals surface area contributed by atoms with Crippen LogP contribution in [0.25, 0.3) is 10.9 Å². The van der Waals surface area contributed by atoms with Gasteiger partial charge in [0.15, 0.2) is 17.3 Å². The summed E-state index contributed by atoms with van der Waals surface area (Å²) < 4.78 is 12.9. The summed E-state index contributed by atoms with van der Waals surface area (Å²) >= 11 is 0. The number of nitrogens with one attached hydrogen (secondary N) is 1. The van der Waals surface area contributed by atoms with E-state index in [1.165, 1.54) is 19.3 Å². The lowest BCUT2D eigenvalue weighted by Gasteiger charge is -2.36. The smallest absolute Gasteiger partial charge is 0.253 e. The molecule has 2 atom stereocenters. The van der Waals surface area contributed by atoms with Crippen LogP contribution in [0.4, 0.5) is 0 Å². The van der Waals surface area contributed by atoms with Gasteiger partial charge in [0.05, 0.1) is 25.8 Å². The molecule has 5 rings (SSSR count). The Hall–Kier alpha value is -2.94. The molecule has 9 nitrogen and oxygen atoms in total. The molecule has 0 amide bonds. The highest BCUT2D eigenvalue weighted by atomic mass is 16.5. The van der Waals surface area contributed by atoms with Crippen molar-refractivity contribution < 1.29 is 9.47 Å². The molecule has 2 aliphatic rings. The molecule has 3 heterocycles. The summed E-state index contributed by atoms with van der Waals surface area (Å²) in [6.45, 7) is 4.09. The number of nitrogens with zero attached hydrogens (tertiary/aromatic N) is 5. The van der Waals surface area contributed by atoms with Crippen LogP contribution in [0, 0.1) is 5.92 Å². The zero-order valence-electron chi connectivity index (χ0n) is 19.6. The summed E-state index contributed by atoms with van der Waals surface area (Å²) in [5, 5.41) is 13.8. The molecule has 1 N–H and O–H groups in total. The maximum Gasteiger partial charge on any atom is 0.253 e. The second-order valence-electron chi connectivity index (χ2n) is 9.41. The van der Waals surface area contributed by atoms with Crippen LogP contribution in [0.3, 0.4) is 0 Å².